The van der Waals surface area contributed by atoms with E-state index < -0.39 is 0 Å². The van der Waals surface area contributed by atoms with Crippen molar-refractivity contribution in [3.63, 3.8) is 0 Å². The van der Waals surface area contributed by atoms with Crippen molar-refractivity contribution in [2.24, 2.45) is 4.99 Å². The molecular formula is C19H19FN4S. The Morgan fingerprint density at radius 2 is 1.88 bits per heavy atom. The monoisotopic (exact) mass is 354 g/mol. The number of nitrogens with zero attached hydrogens (tertiary/aromatic N) is 4. The third-order valence-electron chi connectivity index (χ3n) is 4.73. The number of hydrogen-bond donors (Lipinski definition) is 0. The fourth-order valence-electron chi connectivity index (χ4n) is 3.28. The number of aliphatic imine (C=N–C) groups is 1. The molecule has 0 saturated carbocycles. The van der Waals surface area contributed by atoms with E-state index in [0.29, 0.717) is 11.3 Å². The molecule has 4 rings (SSSR count). The summed E-state index contributed by atoms with van der Waals surface area (Å²) in [7, 11) is 0. The van der Waals surface area contributed by atoms with Crippen molar-refractivity contribution in [1.29, 1.82) is 0 Å². The summed E-state index contributed by atoms with van der Waals surface area (Å²) >= 11 is 1.68. The molecule has 0 aliphatic carbocycles. The topological polar surface area (TPSA) is 43.1 Å². The van der Waals surface area contributed by atoms with Gasteiger partial charge in [0, 0.05) is 16.0 Å². The average Bonchev–Trinajstić information content (AvgIpc) is 3.02. The SMILES string of the molecule is Cc1ccc(C2=NC(C)c3nnc(C)n3-c3sc(C)c(C)c32)c(F)c1. The van der Waals surface area contributed by atoms with Gasteiger partial charge >= 0.3 is 0 Å². The molecule has 0 saturated heterocycles. The standard InChI is InChI=1S/C19H19FN4S/c1-9-6-7-14(15(20)8-9)17-16-10(2)12(4)25-19(16)24-13(5)22-23-18(24)11(3)21-17/h6-8,11H,1-5H3. The molecule has 6 heteroatoms. The van der Waals surface area contributed by atoms with Gasteiger partial charge in [-0.2, -0.15) is 0 Å². The van der Waals surface area contributed by atoms with Crippen LogP contribution in [0.4, 0.5) is 4.39 Å². The van der Waals surface area contributed by atoms with E-state index in [1.807, 2.05) is 32.9 Å². The first kappa shape index (κ1) is 16.1. The maximum absolute atomic E-state index is 14.7. The summed E-state index contributed by atoms with van der Waals surface area (Å²) in [6.45, 7) is 9.96. The van der Waals surface area contributed by atoms with Crippen molar-refractivity contribution in [1.82, 2.24) is 14.8 Å². The van der Waals surface area contributed by atoms with Crippen LogP contribution < -0.4 is 0 Å². The molecule has 0 spiro atoms. The van der Waals surface area contributed by atoms with E-state index in [0.717, 1.165) is 33.3 Å². The van der Waals surface area contributed by atoms with Crippen molar-refractivity contribution in [3.05, 3.63) is 62.8 Å². The van der Waals surface area contributed by atoms with Crippen LogP contribution in [0.5, 0.6) is 0 Å². The lowest BCUT2D eigenvalue weighted by molar-refractivity contribution is 0.623. The molecule has 1 aromatic carbocycles. The molecule has 0 fully saturated rings. The minimum Gasteiger partial charge on any atom is -0.273 e. The number of thiophene rings is 1. The van der Waals surface area contributed by atoms with Gasteiger partial charge in [0.1, 0.15) is 22.7 Å². The zero-order valence-corrected chi connectivity index (χ0v) is 15.7. The molecule has 0 amide bonds. The first-order valence-corrected chi connectivity index (χ1v) is 9.07. The van der Waals surface area contributed by atoms with Crippen LogP contribution in [-0.4, -0.2) is 20.5 Å². The molecule has 2 aromatic heterocycles. The highest BCUT2D eigenvalue weighted by molar-refractivity contribution is 7.15. The summed E-state index contributed by atoms with van der Waals surface area (Å²) in [6, 6.07) is 5.12. The third-order valence-corrected chi connectivity index (χ3v) is 5.93. The van der Waals surface area contributed by atoms with Crippen molar-refractivity contribution in [2.45, 2.75) is 40.7 Å². The van der Waals surface area contributed by atoms with Crippen LogP contribution in [0, 0.1) is 33.5 Å². The zero-order chi connectivity index (χ0) is 17.9. The predicted molar refractivity (Wildman–Crippen MR) is 98.6 cm³/mol. The largest absolute Gasteiger partial charge is 0.273 e. The first-order chi connectivity index (χ1) is 11.9. The second-order valence-electron chi connectivity index (χ2n) is 6.54. The molecule has 128 valence electrons. The Balaban J connectivity index is 2.07. The van der Waals surface area contributed by atoms with Gasteiger partial charge in [-0.25, -0.2) is 4.39 Å². The highest BCUT2D eigenvalue weighted by Crippen LogP contribution is 2.38. The second-order valence-corrected chi connectivity index (χ2v) is 7.74. The van der Waals surface area contributed by atoms with Crippen molar-refractivity contribution < 1.29 is 4.39 Å². The minimum atomic E-state index is -0.241. The molecular weight excluding hydrogens is 335 g/mol. The molecule has 3 heterocycles. The van der Waals surface area contributed by atoms with Gasteiger partial charge in [-0.15, -0.1) is 21.5 Å². The Labute approximate surface area is 150 Å². The molecule has 4 nitrogen and oxygen atoms in total. The number of aryl methyl sites for hydroxylation is 3. The van der Waals surface area contributed by atoms with Crippen molar-refractivity contribution in [2.75, 3.05) is 0 Å². The van der Waals surface area contributed by atoms with Crippen LogP contribution in [0.25, 0.3) is 5.00 Å². The van der Waals surface area contributed by atoms with E-state index in [4.69, 9.17) is 4.99 Å². The third kappa shape index (κ3) is 2.35. The van der Waals surface area contributed by atoms with Gasteiger partial charge in [-0.1, -0.05) is 6.07 Å². The summed E-state index contributed by atoms with van der Waals surface area (Å²) in [6.07, 6.45) is 0. The summed E-state index contributed by atoms with van der Waals surface area (Å²) in [5.74, 6) is 1.38. The first-order valence-electron chi connectivity index (χ1n) is 8.25. The highest BCUT2D eigenvalue weighted by atomic mass is 32.1. The van der Waals surface area contributed by atoms with E-state index >= 15 is 0 Å². The fraction of sp³-hybridized carbons (Fsp3) is 0.316. The average molecular weight is 354 g/mol. The van der Waals surface area contributed by atoms with Crippen molar-refractivity contribution in [3.8, 4) is 5.00 Å². The second kappa shape index (κ2) is 5.59. The lowest BCUT2D eigenvalue weighted by Crippen LogP contribution is -2.09. The normalized spacial score (nSPS) is 16.2. The van der Waals surface area contributed by atoms with E-state index in [1.165, 1.54) is 4.88 Å². The van der Waals surface area contributed by atoms with Crippen LogP contribution in [-0.2, 0) is 0 Å². The zero-order valence-electron chi connectivity index (χ0n) is 14.9. The summed E-state index contributed by atoms with van der Waals surface area (Å²) in [5.41, 5.74) is 4.25. The van der Waals surface area contributed by atoms with E-state index in [-0.39, 0.29) is 11.9 Å². The van der Waals surface area contributed by atoms with Gasteiger partial charge in [0.25, 0.3) is 0 Å². The number of benzene rings is 1. The van der Waals surface area contributed by atoms with Crippen LogP contribution >= 0.6 is 11.3 Å². The number of fused-ring (bicyclic) bond motifs is 3. The molecule has 1 atom stereocenters. The van der Waals surface area contributed by atoms with Gasteiger partial charge in [-0.3, -0.25) is 9.56 Å². The van der Waals surface area contributed by atoms with E-state index in [2.05, 4.69) is 28.6 Å². The van der Waals surface area contributed by atoms with Crippen LogP contribution in [0.3, 0.4) is 0 Å². The van der Waals surface area contributed by atoms with Gasteiger partial charge in [0.2, 0.25) is 0 Å². The maximum Gasteiger partial charge on any atom is 0.162 e. The molecule has 1 unspecified atom stereocenters. The Morgan fingerprint density at radius 1 is 1.12 bits per heavy atom. The number of aromatic nitrogens is 3. The van der Waals surface area contributed by atoms with E-state index in [9.17, 15) is 4.39 Å². The van der Waals surface area contributed by atoms with Gasteiger partial charge < -0.3 is 0 Å². The Bertz CT molecular complexity index is 1030. The lowest BCUT2D eigenvalue weighted by Gasteiger charge is -2.11. The quantitative estimate of drug-likeness (QED) is 0.640. The predicted octanol–water partition coefficient (Wildman–Crippen LogP) is 4.61. The minimum absolute atomic E-state index is 0.198. The number of hydrogen-bond acceptors (Lipinski definition) is 4. The molecule has 1 aliphatic rings. The van der Waals surface area contributed by atoms with E-state index in [1.54, 1.807) is 17.4 Å². The molecule has 0 N–H and O–H groups in total. The fourth-order valence-corrected chi connectivity index (χ4v) is 4.49. The Morgan fingerprint density at radius 3 is 2.60 bits per heavy atom. The van der Waals surface area contributed by atoms with Crippen LogP contribution in [0.1, 0.15) is 51.7 Å². The lowest BCUT2D eigenvalue weighted by atomic mass is 9.98. The van der Waals surface area contributed by atoms with Crippen molar-refractivity contribution >= 4 is 17.0 Å². The number of halogens is 1. The maximum atomic E-state index is 14.7. The molecule has 1 aliphatic heterocycles. The number of rotatable bonds is 1. The van der Waals surface area contributed by atoms with Gasteiger partial charge in [0.15, 0.2) is 5.82 Å². The summed E-state index contributed by atoms with van der Waals surface area (Å²) in [5, 5.41) is 9.57. The van der Waals surface area contributed by atoms with Crippen LogP contribution in [0.2, 0.25) is 0 Å². The van der Waals surface area contributed by atoms with Gasteiger partial charge in [0.05, 0.1) is 5.71 Å². The molecule has 0 radical (unpaired) electrons. The van der Waals surface area contributed by atoms with Crippen LogP contribution in [0.15, 0.2) is 23.2 Å². The van der Waals surface area contributed by atoms with Gasteiger partial charge in [-0.05, 0) is 57.9 Å². The molecule has 0 bridgehead atoms. The smallest absolute Gasteiger partial charge is 0.162 e. The Hall–Kier alpha value is -2.34. The Kier molecular flexibility index (Phi) is 3.61. The summed E-state index contributed by atoms with van der Waals surface area (Å²) in [4.78, 5) is 6.06. The molecule has 3 aromatic rings. The molecule has 25 heavy (non-hydrogen) atoms. The summed E-state index contributed by atoms with van der Waals surface area (Å²) < 4.78 is 16.8. The highest BCUT2D eigenvalue weighted by Gasteiger charge is 2.30.